The molecule has 2 aromatic carbocycles. The molecule has 4 rings (SSSR count). The summed E-state index contributed by atoms with van der Waals surface area (Å²) in [5, 5.41) is 0.498. The molecule has 0 aliphatic carbocycles. The van der Waals surface area contributed by atoms with E-state index in [1.807, 2.05) is 30.3 Å². The molecule has 0 amide bonds. The molecule has 2 aromatic rings. The number of benzene rings is 2. The van der Waals surface area contributed by atoms with Gasteiger partial charge in [0, 0.05) is 39.1 Å². The summed E-state index contributed by atoms with van der Waals surface area (Å²) in [5.74, 6) is -1.90. The van der Waals surface area contributed by atoms with E-state index in [0.29, 0.717) is 30.2 Å². The smallest absolute Gasteiger partial charge is 0.303 e. The minimum atomic E-state index is -1.26. The summed E-state index contributed by atoms with van der Waals surface area (Å²) < 4.78 is 39.4. The number of halogens is 1. The van der Waals surface area contributed by atoms with E-state index in [-0.39, 0.29) is 12.7 Å². The maximum Gasteiger partial charge on any atom is 0.303 e. The molecule has 0 bridgehead atoms. The van der Waals surface area contributed by atoms with Crippen molar-refractivity contribution in [3.05, 3.63) is 64.2 Å². The molecular formula is C31H35ClO11. The first-order valence-corrected chi connectivity index (χ1v) is 14.3. The SMILES string of the molecule is CC(=O)OC[C@H]1O[C@@H](c2ccc(Cl)c(Cc3ccc(O[C@H]4CCOC4)cc3)c2)[C@H](OC(C)=O)[C@@H](OC(C)=O)[C@@H]1OC(C)=O. The van der Waals surface area contributed by atoms with Gasteiger partial charge in [0.1, 0.15) is 30.7 Å². The first-order valence-electron chi connectivity index (χ1n) is 13.9. The summed E-state index contributed by atoms with van der Waals surface area (Å²) in [5.41, 5.74) is 2.28. The molecule has 12 heteroatoms. The third-order valence-electron chi connectivity index (χ3n) is 6.90. The third kappa shape index (κ3) is 8.92. The maximum atomic E-state index is 12.2. The Morgan fingerprint density at radius 1 is 0.837 bits per heavy atom. The van der Waals surface area contributed by atoms with Crippen molar-refractivity contribution in [2.45, 2.75) is 77.2 Å². The Morgan fingerprint density at radius 3 is 2.09 bits per heavy atom. The lowest BCUT2D eigenvalue weighted by molar-refractivity contribution is -0.254. The van der Waals surface area contributed by atoms with Crippen molar-refractivity contribution in [2.75, 3.05) is 19.8 Å². The summed E-state index contributed by atoms with van der Waals surface area (Å²) in [6, 6.07) is 12.9. The van der Waals surface area contributed by atoms with Crippen LogP contribution in [0.3, 0.4) is 0 Å². The number of hydrogen-bond acceptors (Lipinski definition) is 11. The van der Waals surface area contributed by atoms with E-state index in [0.717, 1.165) is 23.3 Å². The lowest BCUT2D eigenvalue weighted by Crippen LogP contribution is -2.59. The van der Waals surface area contributed by atoms with Gasteiger partial charge in [0.2, 0.25) is 0 Å². The molecule has 6 atom stereocenters. The van der Waals surface area contributed by atoms with Gasteiger partial charge in [0.15, 0.2) is 18.3 Å². The number of ether oxygens (including phenoxy) is 7. The van der Waals surface area contributed by atoms with Gasteiger partial charge in [-0.15, -0.1) is 0 Å². The molecule has 2 fully saturated rings. The largest absolute Gasteiger partial charge is 0.488 e. The first-order chi connectivity index (χ1) is 20.5. The van der Waals surface area contributed by atoms with E-state index in [9.17, 15) is 19.2 Å². The normalized spacial score (nSPS) is 25.0. The highest BCUT2D eigenvalue weighted by Crippen LogP contribution is 2.39. The van der Waals surface area contributed by atoms with Gasteiger partial charge in [0.05, 0.1) is 13.2 Å². The predicted molar refractivity (Wildman–Crippen MR) is 151 cm³/mol. The molecule has 0 unspecified atom stereocenters. The van der Waals surface area contributed by atoms with Gasteiger partial charge in [-0.1, -0.05) is 35.9 Å². The van der Waals surface area contributed by atoms with Crippen LogP contribution in [0.1, 0.15) is 56.9 Å². The molecule has 2 heterocycles. The Labute approximate surface area is 254 Å². The number of hydrogen-bond donors (Lipinski definition) is 0. The van der Waals surface area contributed by atoms with Crippen molar-refractivity contribution in [1.29, 1.82) is 0 Å². The van der Waals surface area contributed by atoms with Crippen molar-refractivity contribution in [3.63, 3.8) is 0 Å². The lowest BCUT2D eigenvalue weighted by atomic mass is 9.89. The van der Waals surface area contributed by atoms with E-state index < -0.39 is 54.4 Å². The first kappa shape index (κ1) is 32.2. The molecule has 2 aliphatic rings. The molecule has 2 saturated heterocycles. The zero-order valence-electron chi connectivity index (χ0n) is 24.4. The molecule has 11 nitrogen and oxygen atoms in total. The molecule has 2 aliphatic heterocycles. The quantitative estimate of drug-likeness (QED) is 0.284. The standard InChI is InChI=1S/C31H35ClO11/c1-17(33)38-16-27-29(39-18(2)34)31(41-20(4)36)30(40-19(3)35)28(43-27)22-7-10-26(32)23(14-22)13-21-5-8-24(9-6-21)42-25-11-12-37-15-25/h5-10,14,25,27-31H,11-13,15-16H2,1-4H3/t25-,27+,28-,29+,30-,31-/m0/s1. The number of esters is 4. The molecular weight excluding hydrogens is 584 g/mol. The van der Waals surface area contributed by atoms with Crippen LogP contribution in [0.25, 0.3) is 0 Å². The highest BCUT2D eigenvalue weighted by molar-refractivity contribution is 6.31. The fourth-order valence-electron chi connectivity index (χ4n) is 5.11. The molecule has 0 radical (unpaired) electrons. The van der Waals surface area contributed by atoms with Crippen molar-refractivity contribution < 1.29 is 52.3 Å². The molecule has 43 heavy (non-hydrogen) atoms. The molecule has 0 saturated carbocycles. The van der Waals surface area contributed by atoms with Crippen LogP contribution in [-0.2, 0) is 54.0 Å². The van der Waals surface area contributed by atoms with Crippen LogP contribution in [-0.4, -0.2) is 74.2 Å². The van der Waals surface area contributed by atoms with Gasteiger partial charge in [-0.2, -0.15) is 0 Å². The molecule has 0 aromatic heterocycles. The van der Waals surface area contributed by atoms with Gasteiger partial charge in [0.25, 0.3) is 0 Å². The fraction of sp³-hybridized carbons (Fsp3) is 0.484. The second-order valence-electron chi connectivity index (χ2n) is 10.4. The van der Waals surface area contributed by atoms with Gasteiger partial charge in [-0.3, -0.25) is 19.2 Å². The molecule has 0 spiro atoms. The summed E-state index contributed by atoms with van der Waals surface area (Å²) >= 11 is 6.59. The van der Waals surface area contributed by atoms with Crippen molar-refractivity contribution in [2.24, 2.45) is 0 Å². The van der Waals surface area contributed by atoms with E-state index in [2.05, 4.69) is 0 Å². The average Bonchev–Trinajstić information content (AvgIpc) is 3.44. The Bertz CT molecular complexity index is 1310. The zero-order chi connectivity index (χ0) is 31.1. The van der Waals surface area contributed by atoms with Gasteiger partial charge in [-0.25, -0.2) is 0 Å². The van der Waals surface area contributed by atoms with Crippen molar-refractivity contribution in [1.82, 2.24) is 0 Å². The van der Waals surface area contributed by atoms with E-state index >= 15 is 0 Å². The Hall–Kier alpha value is -3.67. The van der Waals surface area contributed by atoms with E-state index in [1.54, 1.807) is 12.1 Å². The van der Waals surface area contributed by atoms with Gasteiger partial charge in [-0.05, 0) is 41.3 Å². The van der Waals surface area contributed by atoms with Crippen LogP contribution < -0.4 is 4.74 Å². The second kappa shape index (κ2) is 14.7. The lowest BCUT2D eigenvalue weighted by Gasteiger charge is -2.44. The fourth-order valence-corrected chi connectivity index (χ4v) is 5.29. The Balaban J connectivity index is 1.65. The summed E-state index contributed by atoms with van der Waals surface area (Å²) in [4.78, 5) is 48.0. The zero-order valence-corrected chi connectivity index (χ0v) is 25.2. The number of carbonyl (C=O) groups is 4. The molecule has 232 valence electrons. The van der Waals surface area contributed by atoms with Gasteiger partial charge < -0.3 is 33.2 Å². The van der Waals surface area contributed by atoms with Crippen molar-refractivity contribution >= 4 is 35.5 Å². The highest BCUT2D eigenvalue weighted by atomic mass is 35.5. The summed E-state index contributed by atoms with van der Waals surface area (Å²) in [6.45, 7) is 5.73. The second-order valence-corrected chi connectivity index (χ2v) is 10.8. The van der Waals surface area contributed by atoms with Crippen molar-refractivity contribution in [3.8, 4) is 5.75 Å². The van der Waals surface area contributed by atoms with Gasteiger partial charge >= 0.3 is 23.9 Å². The summed E-state index contributed by atoms with van der Waals surface area (Å²) in [6.07, 6.45) is -4.39. The Kier molecular flexibility index (Phi) is 11.0. The maximum absolute atomic E-state index is 12.2. The number of carbonyl (C=O) groups excluding carboxylic acids is 4. The van der Waals surface area contributed by atoms with Crippen LogP contribution in [0.4, 0.5) is 0 Å². The topological polar surface area (TPSA) is 133 Å². The van der Waals surface area contributed by atoms with E-state index in [4.69, 9.17) is 44.8 Å². The minimum Gasteiger partial charge on any atom is -0.488 e. The average molecular weight is 619 g/mol. The Morgan fingerprint density at radius 2 is 1.49 bits per heavy atom. The highest BCUT2D eigenvalue weighted by Gasteiger charge is 2.52. The van der Waals surface area contributed by atoms with E-state index in [1.165, 1.54) is 27.7 Å². The van der Waals surface area contributed by atoms with Crippen LogP contribution in [0.2, 0.25) is 5.02 Å². The van der Waals surface area contributed by atoms with Crippen LogP contribution in [0.5, 0.6) is 5.75 Å². The predicted octanol–water partition coefficient (Wildman–Crippen LogP) is 3.90. The number of rotatable bonds is 10. The van der Waals surface area contributed by atoms with Crippen LogP contribution in [0.15, 0.2) is 42.5 Å². The van der Waals surface area contributed by atoms with Crippen LogP contribution >= 0.6 is 11.6 Å². The summed E-state index contributed by atoms with van der Waals surface area (Å²) in [7, 11) is 0. The molecule has 0 N–H and O–H groups in total. The third-order valence-corrected chi connectivity index (χ3v) is 7.27. The van der Waals surface area contributed by atoms with Crippen LogP contribution in [0, 0.1) is 0 Å². The minimum absolute atomic E-state index is 0.0403. The monoisotopic (exact) mass is 618 g/mol.